The molecular formula is C13H6F14O3. The molecule has 2 fully saturated rings. The van der Waals surface area contributed by atoms with E-state index in [9.17, 15) is 66.3 Å². The second-order valence-corrected chi connectivity index (χ2v) is 6.39. The molecule has 2 aliphatic rings. The van der Waals surface area contributed by atoms with E-state index in [1.807, 2.05) is 0 Å². The highest BCUT2D eigenvalue weighted by atomic mass is 19.3. The molecule has 2 bridgehead atoms. The molecule has 0 amide bonds. The van der Waals surface area contributed by atoms with Crippen LogP contribution in [0, 0.1) is 0 Å². The van der Waals surface area contributed by atoms with Gasteiger partial charge in [0.2, 0.25) is 0 Å². The first kappa shape index (κ1) is 24.5. The van der Waals surface area contributed by atoms with Crippen molar-refractivity contribution in [1.82, 2.24) is 0 Å². The topological polar surface area (TPSA) is 46.5 Å². The maximum absolute atomic E-state index is 14.7. The quantitative estimate of drug-likeness (QED) is 0.384. The summed E-state index contributed by atoms with van der Waals surface area (Å²) in [5, 5.41) is 8.75. The van der Waals surface area contributed by atoms with Crippen LogP contribution in [0.2, 0.25) is 0 Å². The van der Waals surface area contributed by atoms with E-state index in [1.54, 1.807) is 0 Å². The van der Waals surface area contributed by atoms with E-state index in [0.29, 0.717) is 0 Å². The lowest BCUT2D eigenvalue weighted by Crippen LogP contribution is -3.01. The normalized spacial score (nSPS) is 44.8. The van der Waals surface area contributed by atoms with Crippen molar-refractivity contribution in [2.75, 3.05) is 6.67 Å². The zero-order valence-corrected chi connectivity index (χ0v) is 13.5. The Bertz CT molecular complexity index is 794. The minimum atomic E-state index is -7.82. The number of hydrogen-bond acceptors (Lipinski definition) is 3. The first-order valence-electron chi connectivity index (χ1n) is 7.11. The van der Waals surface area contributed by atoms with Gasteiger partial charge >= 0.3 is 52.7 Å². The highest BCUT2D eigenvalue weighted by Gasteiger charge is 3.14. The summed E-state index contributed by atoms with van der Waals surface area (Å²) in [5.74, 6) is -48.8. The molecule has 0 saturated heterocycles. The van der Waals surface area contributed by atoms with E-state index in [1.165, 1.54) is 0 Å². The van der Waals surface area contributed by atoms with Gasteiger partial charge in [0, 0.05) is 6.08 Å². The number of fused-ring (bicyclic) bond motifs is 2. The van der Waals surface area contributed by atoms with Gasteiger partial charge in [-0.2, -0.15) is 48.3 Å². The molecule has 2 aliphatic carbocycles. The van der Waals surface area contributed by atoms with Crippen LogP contribution in [0.5, 0.6) is 0 Å². The summed E-state index contributed by atoms with van der Waals surface area (Å²) >= 11 is 0. The molecular weight excluding hydrogens is 470 g/mol. The van der Waals surface area contributed by atoms with Crippen molar-refractivity contribution >= 4 is 5.97 Å². The molecule has 0 radical (unpaired) electrons. The third-order valence-electron chi connectivity index (χ3n) is 5.06. The molecule has 0 aliphatic heterocycles. The molecule has 0 aromatic carbocycles. The average molecular weight is 476 g/mol. The fourth-order valence-electron chi connectivity index (χ4n) is 3.39. The highest BCUT2D eigenvalue weighted by Crippen LogP contribution is 2.80. The van der Waals surface area contributed by atoms with Crippen LogP contribution in [0.25, 0.3) is 0 Å². The van der Waals surface area contributed by atoms with Crippen LogP contribution in [0.4, 0.5) is 61.5 Å². The van der Waals surface area contributed by atoms with Gasteiger partial charge < -0.3 is 9.84 Å². The predicted octanol–water partition coefficient (Wildman–Crippen LogP) is 3.70. The maximum atomic E-state index is 14.7. The van der Waals surface area contributed by atoms with Crippen molar-refractivity contribution in [1.29, 1.82) is 0 Å². The predicted molar refractivity (Wildman–Crippen MR) is 63.5 cm³/mol. The van der Waals surface area contributed by atoms with E-state index in [0.717, 1.165) is 0 Å². The number of carbonyl (C=O) groups excluding carboxylic acids is 1. The molecule has 174 valence electrons. The molecule has 4 atom stereocenters. The summed E-state index contributed by atoms with van der Waals surface area (Å²) in [4.78, 5) is 11.1. The zero-order chi connectivity index (χ0) is 24.2. The van der Waals surface area contributed by atoms with Crippen LogP contribution in [0.1, 0.15) is 0 Å². The maximum Gasteiger partial charge on any atom is 0.362 e. The summed E-state index contributed by atoms with van der Waals surface area (Å²) in [7, 11) is 0. The number of esters is 1. The summed E-state index contributed by atoms with van der Waals surface area (Å²) in [6.07, 6.45) is -0.566. The Labute approximate surface area is 155 Å². The van der Waals surface area contributed by atoms with Gasteiger partial charge in [0.15, 0.2) is 0 Å². The second kappa shape index (κ2) is 5.51. The van der Waals surface area contributed by atoms with E-state index >= 15 is 0 Å². The largest absolute Gasteiger partial charge is 0.436 e. The molecule has 1 N–H and O–H groups in total. The standard InChI is InChI=1S/C13H6F14O3/c1-2-4(28)30-7-9(19,20)5(15,3-14)8(17,18)6(16,10(7,21)22)11(23,24)13(27,29)12(7,25)26/h2,29H,1,3H2. The number of rotatable bonds is 3. The fraction of sp³-hybridized carbons (Fsp3) is 0.769. The van der Waals surface area contributed by atoms with Crippen molar-refractivity contribution in [2.24, 2.45) is 0 Å². The molecule has 2 rings (SSSR count). The monoisotopic (exact) mass is 476 g/mol. The first-order valence-corrected chi connectivity index (χ1v) is 7.11. The summed E-state index contributed by atoms with van der Waals surface area (Å²) < 4.78 is 201. The van der Waals surface area contributed by atoms with Gasteiger partial charge in [-0.3, -0.25) is 0 Å². The van der Waals surface area contributed by atoms with Crippen molar-refractivity contribution in [3.8, 4) is 0 Å². The van der Waals surface area contributed by atoms with Crippen LogP contribution < -0.4 is 0 Å². The molecule has 0 aromatic heterocycles. The molecule has 30 heavy (non-hydrogen) atoms. The van der Waals surface area contributed by atoms with Crippen LogP contribution in [0.3, 0.4) is 0 Å². The summed E-state index contributed by atoms with van der Waals surface area (Å²) in [5.41, 5.74) is -22.1. The van der Waals surface area contributed by atoms with Gasteiger partial charge in [0.1, 0.15) is 6.67 Å². The summed E-state index contributed by atoms with van der Waals surface area (Å²) in [6.45, 7) is -1.77. The number of hydrogen-bond donors (Lipinski definition) is 1. The Hall–Kier alpha value is -1.81. The molecule has 17 heteroatoms. The van der Waals surface area contributed by atoms with Crippen LogP contribution in [-0.2, 0) is 9.53 Å². The molecule has 0 spiro atoms. The Morgan fingerprint density at radius 3 is 1.57 bits per heavy atom. The van der Waals surface area contributed by atoms with Crippen molar-refractivity contribution in [2.45, 2.75) is 52.4 Å². The Kier molecular flexibility index (Phi) is 4.49. The van der Waals surface area contributed by atoms with Crippen molar-refractivity contribution in [3.05, 3.63) is 12.7 Å². The minimum absolute atomic E-state index is 0.566. The third-order valence-corrected chi connectivity index (χ3v) is 5.06. The molecule has 3 nitrogen and oxygen atoms in total. The lowest BCUT2D eigenvalue weighted by molar-refractivity contribution is -0.568. The Balaban J connectivity index is 3.28. The molecule has 0 heterocycles. The second-order valence-electron chi connectivity index (χ2n) is 6.39. The Morgan fingerprint density at radius 1 is 0.767 bits per heavy atom. The van der Waals surface area contributed by atoms with Gasteiger partial charge in [-0.15, -0.1) is 0 Å². The first-order chi connectivity index (χ1) is 13.0. The van der Waals surface area contributed by atoms with Crippen LogP contribution in [0.15, 0.2) is 12.7 Å². The fourth-order valence-corrected chi connectivity index (χ4v) is 3.39. The van der Waals surface area contributed by atoms with Gasteiger partial charge in [0.05, 0.1) is 0 Å². The van der Waals surface area contributed by atoms with Gasteiger partial charge in [-0.05, 0) is 0 Å². The third kappa shape index (κ3) is 1.72. The van der Waals surface area contributed by atoms with Crippen LogP contribution >= 0.6 is 0 Å². The molecule has 0 aromatic rings. The number of ether oxygens (including phenoxy) is 1. The lowest BCUT2D eigenvalue weighted by Gasteiger charge is -2.66. The molecule has 2 saturated carbocycles. The van der Waals surface area contributed by atoms with Crippen molar-refractivity contribution < 1.29 is 76.1 Å². The van der Waals surface area contributed by atoms with Crippen molar-refractivity contribution in [3.63, 3.8) is 0 Å². The van der Waals surface area contributed by atoms with Gasteiger partial charge in [-0.25, -0.2) is 18.0 Å². The smallest absolute Gasteiger partial charge is 0.362 e. The average Bonchev–Trinajstić information content (AvgIpc) is 2.60. The SMILES string of the molecule is C=CC(=O)OC12C(F)(F)C(O)(F)C(F)(F)C(F)(C(F)(F)C(F)(CF)C1(F)F)C2(F)F. The molecule has 4 unspecified atom stereocenters. The van der Waals surface area contributed by atoms with E-state index in [4.69, 9.17) is 5.11 Å². The summed E-state index contributed by atoms with van der Waals surface area (Å²) in [6, 6.07) is 0. The number of alkyl halides is 14. The number of carbonyl (C=O) groups is 1. The van der Waals surface area contributed by atoms with E-state index in [2.05, 4.69) is 11.3 Å². The van der Waals surface area contributed by atoms with Crippen LogP contribution in [-0.4, -0.2) is 70.2 Å². The lowest BCUT2D eigenvalue weighted by atomic mass is 9.51. The van der Waals surface area contributed by atoms with E-state index in [-0.39, 0.29) is 0 Å². The number of halogens is 14. The van der Waals surface area contributed by atoms with Gasteiger partial charge in [-0.1, -0.05) is 6.58 Å². The zero-order valence-electron chi connectivity index (χ0n) is 13.5. The van der Waals surface area contributed by atoms with Gasteiger partial charge in [0.25, 0.3) is 5.67 Å². The minimum Gasteiger partial charge on any atom is -0.436 e. The number of aliphatic hydroxyl groups is 1. The highest BCUT2D eigenvalue weighted by molar-refractivity contribution is 5.82. The Morgan fingerprint density at radius 2 is 1.20 bits per heavy atom. The van der Waals surface area contributed by atoms with E-state index < -0.39 is 71.1 Å².